The summed E-state index contributed by atoms with van der Waals surface area (Å²) in [5.74, 6) is 0.170. The summed E-state index contributed by atoms with van der Waals surface area (Å²) in [4.78, 5) is 22.5. The molecule has 6 heteroatoms. The number of carbonyl (C=O) groups is 1. The van der Waals surface area contributed by atoms with E-state index in [1.165, 1.54) is 13.2 Å². The molecule has 0 amide bonds. The highest BCUT2D eigenvalue weighted by Gasteiger charge is 2.32. The van der Waals surface area contributed by atoms with Crippen LogP contribution in [0.1, 0.15) is 59.1 Å². The van der Waals surface area contributed by atoms with Crippen LogP contribution in [0.25, 0.3) is 0 Å². The maximum absolute atomic E-state index is 11.5. The quantitative estimate of drug-likeness (QED) is 0.346. The zero-order valence-corrected chi connectivity index (χ0v) is 14.9. The average Bonchev–Trinajstić information content (AvgIpc) is 2.45. The Morgan fingerprint density at radius 2 is 1.74 bits per heavy atom. The van der Waals surface area contributed by atoms with Crippen LogP contribution < -0.4 is 4.74 Å². The van der Waals surface area contributed by atoms with E-state index in [0.717, 1.165) is 12.0 Å². The first kappa shape index (κ1) is 18.9. The number of benzene rings is 1. The summed E-state index contributed by atoms with van der Waals surface area (Å²) in [7, 11) is 1.20. The van der Waals surface area contributed by atoms with Gasteiger partial charge < -0.3 is 9.47 Å². The molecule has 1 aromatic carbocycles. The van der Waals surface area contributed by atoms with Crippen molar-refractivity contribution in [3.05, 3.63) is 33.4 Å². The van der Waals surface area contributed by atoms with Crippen molar-refractivity contribution in [2.24, 2.45) is 0 Å². The van der Waals surface area contributed by atoms with Gasteiger partial charge in [0.25, 0.3) is 5.69 Å². The lowest BCUT2D eigenvalue weighted by Crippen LogP contribution is -2.22. The van der Waals surface area contributed by atoms with Gasteiger partial charge >= 0.3 is 6.16 Å². The molecular formula is C17H25NO5. The molecule has 0 heterocycles. The highest BCUT2D eigenvalue weighted by atomic mass is 16.7. The number of nitro benzene ring substituents is 1. The first-order valence-electron chi connectivity index (χ1n) is 7.53. The van der Waals surface area contributed by atoms with Gasteiger partial charge in [-0.2, -0.15) is 0 Å². The van der Waals surface area contributed by atoms with Gasteiger partial charge in [-0.25, -0.2) is 4.79 Å². The minimum absolute atomic E-state index is 0.0629. The van der Waals surface area contributed by atoms with E-state index < -0.39 is 16.5 Å². The molecule has 0 aliphatic heterocycles. The fourth-order valence-electron chi connectivity index (χ4n) is 2.26. The second kappa shape index (κ2) is 6.56. The Balaban J connectivity index is 3.70. The van der Waals surface area contributed by atoms with Gasteiger partial charge in [-0.05, 0) is 23.3 Å². The van der Waals surface area contributed by atoms with E-state index in [0.29, 0.717) is 5.56 Å². The predicted octanol–water partition coefficient (Wildman–Crippen LogP) is 4.73. The van der Waals surface area contributed by atoms with Crippen molar-refractivity contribution >= 4 is 11.8 Å². The number of hydrogen-bond donors (Lipinski definition) is 0. The molecule has 0 radical (unpaired) electrons. The summed E-state index contributed by atoms with van der Waals surface area (Å²) in [6.07, 6.45) is -0.109. The van der Waals surface area contributed by atoms with Gasteiger partial charge in [-0.3, -0.25) is 10.1 Å². The molecule has 1 rings (SSSR count). The number of hydrogen-bond acceptors (Lipinski definition) is 5. The smallest absolute Gasteiger partial charge is 0.437 e. The zero-order valence-electron chi connectivity index (χ0n) is 14.9. The maximum atomic E-state index is 11.5. The molecule has 23 heavy (non-hydrogen) atoms. The van der Waals surface area contributed by atoms with E-state index in [4.69, 9.17) is 4.74 Å². The van der Waals surface area contributed by atoms with Crippen LogP contribution >= 0.6 is 0 Å². The van der Waals surface area contributed by atoms with Gasteiger partial charge in [0.15, 0.2) is 0 Å². The van der Waals surface area contributed by atoms with Crippen molar-refractivity contribution in [1.29, 1.82) is 0 Å². The molecule has 0 fully saturated rings. The van der Waals surface area contributed by atoms with Crippen molar-refractivity contribution in [2.75, 3.05) is 7.11 Å². The molecule has 0 aliphatic rings. The van der Waals surface area contributed by atoms with E-state index in [2.05, 4.69) is 4.74 Å². The first-order chi connectivity index (χ1) is 10.4. The summed E-state index contributed by atoms with van der Waals surface area (Å²) in [5, 5.41) is 11.4. The van der Waals surface area contributed by atoms with E-state index in [1.807, 2.05) is 41.5 Å². The fraction of sp³-hybridized carbons (Fsp3) is 0.588. The van der Waals surface area contributed by atoms with Crippen molar-refractivity contribution in [3.63, 3.8) is 0 Å². The van der Waals surface area contributed by atoms with Crippen LogP contribution in [0.15, 0.2) is 12.1 Å². The molecule has 0 unspecified atom stereocenters. The van der Waals surface area contributed by atoms with Gasteiger partial charge in [0.2, 0.25) is 0 Å². The Morgan fingerprint density at radius 1 is 1.17 bits per heavy atom. The van der Waals surface area contributed by atoms with Crippen molar-refractivity contribution in [1.82, 2.24) is 0 Å². The summed E-state index contributed by atoms with van der Waals surface area (Å²) in [6.45, 7) is 11.8. The molecule has 0 saturated carbocycles. The van der Waals surface area contributed by atoms with Crippen molar-refractivity contribution in [3.8, 4) is 5.75 Å². The van der Waals surface area contributed by atoms with E-state index >= 15 is 0 Å². The highest BCUT2D eigenvalue weighted by Crippen LogP contribution is 2.42. The Labute approximate surface area is 136 Å². The first-order valence-corrected chi connectivity index (χ1v) is 7.53. The minimum Gasteiger partial charge on any atom is -0.437 e. The maximum Gasteiger partial charge on any atom is 0.513 e. The second-order valence-corrected chi connectivity index (χ2v) is 7.17. The van der Waals surface area contributed by atoms with E-state index in [-0.39, 0.29) is 16.9 Å². The van der Waals surface area contributed by atoms with Crippen molar-refractivity contribution < 1.29 is 19.2 Å². The summed E-state index contributed by atoms with van der Waals surface area (Å²) in [5.41, 5.74) is 0.577. The van der Waals surface area contributed by atoms with Crippen LogP contribution in [-0.4, -0.2) is 18.2 Å². The fourth-order valence-corrected chi connectivity index (χ4v) is 2.26. The molecule has 0 atom stereocenters. The number of methoxy groups -OCH3 is 1. The zero-order chi connectivity index (χ0) is 18.0. The number of rotatable bonds is 4. The number of ether oxygens (including phenoxy) is 2. The van der Waals surface area contributed by atoms with Crippen LogP contribution in [0.3, 0.4) is 0 Å². The lowest BCUT2D eigenvalue weighted by atomic mass is 9.77. The van der Waals surface area contributed by atoms with Crippen LogP contribution in [0.2, 0.25) is 0 Å². The van der Waals surface area contributed by atoms with E-state index in [9.17, 15) is 14.9 Å². The lowest BCUT2D eigenvalue weighted by molar-refractivity contribution is -0.386. The minimum atomic E-state index is -0.893. The molecule has 0 aliphatic carbocycles. The number of nitro groups is 1. The van der Waals surface area contributed by atoms with Crippen molar-refractivity contribution in [2.45, 2.75) is 58.8 Å². The summed E-state index contributed by atoms with van der Waals surface area (Å²) < 4.78 is 9.70. The van der Waals surface area contributed by atoms with Crippen LogP contribution in [0.4, 0.5) is 10.5 Å². The average molecular weight is 323 g/mol. The highest BCUT2D eigenvalue weighted by molar-refractivity contribution is 5.66. The third kappa shape index (κ3) is 4.21. The third-order valence-electron chi connectivity index (χ3n) is 4.08. The molecule has 1 aromatic rings. The van der Waals surface area contributed by atoms with Gasteiger partial charge in [0.1, 0.15) is 5.75 Å². The topological polar surface area (TPSA) is 78.7 Å². The van der Waals surface area contributed by atoms with Crippen LogP contribution in [-0.2, 0) is 15.6 Å². The van der Waals surface area contributed by atoms with Crippen LogP contribution in [0.5, 0.6) is 5.75 Å². The van der Waals surface area contributed by atoms with Gasteiger partial charge in [-0.1, -0.05) is 41.5 Å². The van der Waals surface area contributed by atoms with Crippen LogP contribution in [0, 0.1) is 10.1 Å². The summed E-state index contributed by atoms with van der Waals surface area (Å²) >= 11 is 0. The summed E-state index contributed by atoms with van der Waals surface area (Å²) in [6, 6.07) is 3.10. The Kier molecular flexibility index (Phi) is 5.40. The Bertz CT molecular complexity index is 614. The largest absolute Gasteiger partial charge is 0.513 e. The molecule has 0 aromatic heterocycles. The monoisotopic (exact) mass is 323 g/mol. The molecule has 6 nitrogen and oxygen atoms in total. The predicted molar refractivity (Wildman–Crippen MR) is 88.1 cm³/mol. The number of nitrogens with zero attached hydrogens (tertiary/aromatic N) is 1. The SMILES string of the molecule is CCC(C)(C)c1cc(C(C)(C)C)c([N+](=O)[O-])cc1OC(=O)OC. The molecule has 0 spiro atoms. The third-order valence-corrected chi connectivity index (χ3v) is 4.08. The van der Waals surface area contributed by atoms with Gasteiger partial charge in [-0.15, -0.1) is 0 Å². The lowest BCUT2D eigenvalue weighted by Gasteiger charge is -2.28. The molecule has 0 bridgehead atoms. The van der Waals surface area contributed by atoms with E-state index in [1.54, 1.807) is 6.07 Å². The second-order valence-electron chi connectivity index (χ2n) is 7.17. The molecule has 0 N–H and O–H groups in total. The standard InChI is InChI=1S/C17H25NO5/c1-8-17(5,6)12-9-11(16(2,3)4)13(18(20)21)10-14(12)23-15(19)22-7/h9-10H,8H2,1-7H3. The molecule has 128 valence electrons. The van der Waals surface area contributed by atoms with Gasteiger partial charge in [0.05, 0.1) is 18.1 Å². The number of carbonyl (C=O) groups excluding carboxylic acids is 1. The normalized spacial score (nSPS) is 12.0. The molecule has 0 saturated heterocycles. The Hall–Kier alpha value is -2.11. The molecular weight excluding hydrogens is 298 g/mol. The van der Waals surface area contributed by atoms with Gasteiger partial charge in [0, 0.05) is 11.1 Å². The Morgan fingerprint density at radius 3 is 2.13 bits per heavy atom.